The molecule has 21 heavy (non-hydrogen) atoms. The summed E-state index contributed by atoms with van der Waals surface area (Å²) < 4.78 is 6.60. The number of ether oxygens (including phenoxy) is 1. The van der Waals surface area contributed by atoms with Crippen molar-refractivity contribution in [1.29, 1.82) is 0 Å². The maximum absolute atomic E-state index is 12.0. The molecule has 2 rings (SSSR count). The van der Waals surface area contributed by atoms with E-state index in [0.717, 1.165) is 5.56 Å². The van der Waals surface area contributed by atoms with E-state index in [0.29, 0.717) is 23.8 Å². The topological polar surface area (TPSA) is 84.6 Å². The van der Waals surface area contributed by atoms with Gasteiger partial charge in [-0.3, -0.25) is 9.36 Å². The maximum atomic E-state index is 12.0. The average Bonchev–Trinajstić information content (AvgIpc) is 2.42. The first-order valence-electron chi connectivity index (χ1n) is 6.50. The lowest BCUT2D eigenvalue weighted by molar-refractivity contribution is 0.403. The molecule has 0 radical (unpaired) electrons. The van der Waals surface area contributed by atoms with Gasteiger partial charge in [-0.2, -0.15) is 0 Å². The summed E-state index contributed by atoms with van der Waals surface area (Å²) in [5.74, 6) is 1.00. The highest BCUT2D eigenvalue weighted by Gasteiger charge is 2.17. The Morgan fingerprint density at radius 1 is 1.29 bits per heavy atom. The molecule has 1 aromatic heterocycles. The average molecular weight is 288 g/mol. The van der Waals surface area contributed by atoms with E-state index in [-0.39, 0.29) is 11.0 Å². The van der Waals surface area contributed by atoms with Gasteiger partial charge in [0.2, 0.25) is 0 Å². The molecular weight excluding hydrogens is 271 g/mol. The van der Waals surface area contributed by atoms with E-state index in [1.807, 2.05) is 0 Å². The summed E-state index contributed by atoms with van der Waals surface area (Å²) in [6.45, 7) is 3.84. The quantitative estimate of drug-likeness (QED) is 0.748. The molecule has 1 aromatic carbocycles. The fraction of sp³-hybridized carbons (Fsp3) is 0.286. The van der Waals surface area contributed by atoms with Gasteiger partial charge in [-0.15, -0.1) is 0 Å². The number of hydrogen-bond donors (Lipinski definition) is 2. The molecule has 1 heterocycles. The molecular formula is C14H17BN2O4. The van der Waals surface area contributed by atoms with Crippen LogP contribution in [0, 0.1) is 13.8 Å². The highest BCUT2D eigenvalue weighted by molar-refractivity contribution is 6.59. The number of rotatable bonds is 4. The zero-order valence-electron chi connectivity index (χ0n) is 12.2. The molecule has 0 atom stereocenters. The second-order valence-electron chi connectivity index (χ2n) is 4.82. The van der Waals surface area contributed by atoms with E-state index in [9.17, 15) is 14.8 Å². The third-order valence-electron chi connectivity index (χ3n) is 3.24. The van der Waals surface area contributed by atoms with E-state index in [1.54, 1.807) is 32.0 Å². The van der Waals surface area contributed by atoms with E-state index < -0.39 is 7.12 Å². The monoisotopic (exact) mass is 288 g/mol. The van der Waals surface area contributed by atoms with Crippen molar-refractivity contribution < 1.29 is 14.8 Å². The summed E-state index contributed by atoms with van der Waals surface area (Å²) >= 11 is 0. The van der Waals surface area contributed by atoms with Crippen LogP contribution in [0.2, 0.25) is 0 Å². The fourth-order valence-corrected chi connectivity index (χ4v) is 2.22. The molecule has 0 aliphatic heterocycles. The molecule has 110 valence electrons. The van der Waals surface area contributed by atoms with Gasteiger partial charge in [-0.1, -0.05) is 12.1 Å². The number of benzene rings is 1. The Hall–Kier alpha value is -2.12. The van der Waals surface area contributed by atoms with E-state index in [1.165, 1.54) is 17.7 Å². The standard InChI is InChI=1S/C14H17BN2O4/c1-9-6-14(18)17(10(2)16-9)8-11-4-5-13(21-3)12(7-11)15(19)20/h4-7,19-20H,8H2,1-3H3. The van der Waals surface area contributed by atoms with Crippen LogP contribution >= 0.6 is 0 Å². The number of hydrogen-bond acceptors (Lipinski definition) is 5. The minimum absolute atomic E-state index is 0.137. The summed E-state index contributed by atoms with van der Waals surface area (Å²) in [6, 6.07) is 6.50. The van der Waals surface area contributed by atoms with Crippen molar-refractivity contribution in [1.82, 2.24) is 9.55 Å². The second-order valence-corrected chi connectivity index (χ2v) is 4.82. The lowest BCUT2D eigenvalue weighted by Gasteiger charge is -2.13. The second kappa shape index (κ2) is 6.11. The first kappa shape index (κ1) is 15.3. The zero-order valence-corrected chi connectivity index (χ0v) is 12.2. The highest BCUT2D eigenvalue weighted by Crippen LogP contribution is 2.11. The Balaban J connectivity index is 2.41. The smallest absolute Gasteiger partial charge is 0.492 e. The van der Waals surface area contributed by atoms with E-state index in [2.05, 4.69) is 4.98 Å². The Bertz CT molecular complexity index is 713. The molecule has 0 saturated carbocycles. The number of methoxy groups -OCH3 is 1. The summed E-state index contributed by atoms with van der Waals surface area (Å²) in [5, 5.41) is 18.7. The van der Waals surface area contributed by atoms with Crippen molar-refractivity contribution in [3.63, 3.8) is 0 Å². The Morgan fingerprint density at radius 2 is 2.00 bits per heavy atom. The summed E-state index contributed by atoms with van der Waals surface area (Å²) in [5.41, 5.74) is 1.56. The molecule has 0 fully saturated rings. The number of nitrogens with zero attached hydrogens (tertiary/aromatic N) is 2. The molecule has 0 spiro atoms. The molecule has 0 unspecified atom stereocenters. The molecule has 0 bridgehead atoms. The predicted molar refractivity (Wildman–Crippen MR) is 79.9 cm³/mol. The van der Waals surface area contributed by atoms with Gasteiger partial charge in [0, 0.05) is 17.2 Å². The van der Waals surface area contributed by atoms with Crippen LogP contribution in [0.1, 0.15) is 17.1 Å². The van der Waals surface area contributed by atoms with Crippen molar-refractivity contribution in [2.75, 3.05) is 7.11 Å². The Morgan fingerprint density at radius 3 is 2.57 bits per heavy atom. The largest absolute Gasteiger partial charge is 0.497 e. The van der Waals surface area contributed by atoms with Gasteiger partial charge in [0.05, 0.1) is 13.7 Å². The minimum Gasteiger partial charge on any atom is -0.497 e. The molecule has 6 nitrogen and oxygen atoms in total. The van der Waals surface area contributed by atoms with Crippen LogP contribution in [0.3, 0.4) is 0 Å². The van der Waals surface area contributed by atoms with Crippen LogP contribution in [0.4, 0.5) is 0 Å². The van der Waals surface area contributed by atoms with Crippen LogP contribution in [0.5, 0.6) is 5.75 Å². The molecule has 0 saturated heterocycles. The minimum atomic E-state index is -1.63. The molecule has 0 aliphatic carbocycles. The third-order valence-corrected chi connectivity index (χ3v) is 3.24. The summed E-state index contributed by atoms with van der Waals surface area (Å²) in [4.78, 5) is 16.3. The van der Waals surface area contributed by atoms with Crippen molar-refractivity contribution in [2.24, 2.45) is 0 Å². The van der Waals surface area contributed by atoms with Crippen LogP contribution in [0.15, 0.2) is 29.1 Å². The van der Waals surface area contributed by atoms with Gasteiger partial charge in [-0.25, -0.2) is 4.98 Å². The van der Waals surface area contributed by atoms with Crippen molar-refractivity contribution in [3.05, 3.63) is 51.7 Å². The van der Waals surface area contributed by atoms with Crippen LogP contribution < -0.4 is 15.8 Å². The maximum Gasteiger partial charge on any atom is 0.492 e. The number of aryl methyl sites for hydroxylation is 2. The highest BCUT2D eigenvalue weighted by atomic mass is 16.5. The molecule has 0 aliphatic rings. The van der Waals surface area contributed by atoms with Gasteiger partial charge < -0.3 is 14.8 Å². The lowest BCUT2D eigenvalue weighted by atomic mass is 9.78. The fourth-order valence-electron chi connectivity index (χ4n) is 2.22. The Kier molecular flexibility index (Phi) is 4.45. The van der Waals surface area contributed by atoms with Crippen LogP contribution in [-0.2, 0) is 6.54 Å². The molecule has 7 heteroatoms. The van der Waals surface area contributed by atoms with Crippen LogP contribution in [-0.4, -0.2) is 33.8 Å². The van der Waals surface area contributed by atoms with Gasteiger partial charge in [0.15, 0.2) is 0 Å². The zero-order chi connectivity index (χ0) is 15.6. The van der Waals surface area contributed by atoms with Gasteiger partial charge in [0.1, 0.15) is 11.6 Å². The molecule has 2 N–H and O–H groups in total. The molecule has 2 aromatic rings. The van der Waals surface area contributed by atoms with Crippen LogP contribution in [0.25, 0.3) is 0 Å². The summed E-state index contributed by atoms with van der Waals surface area (Å²) in [6.07, 6.45) is 0. The number of aromatic nitrogens is 2. The Labute approximate surface area is 122 Å². The normalized spacial score (nSPS) is 10.5. The SMILES string of the molecule is COc1ccc(Cn2c(C)nc(C)cc2=O)cc1B(O)O. The third kappa shape index (κ3) is 3.32. The van der Waals surface area contributed by atoms with Crippen molar-refractivity contribution in [2.45, 2.75) is 20.4 Å². The summed E-state index contributed by atoms with van der Waals surface area (Å²) in [7, 11) is -0.173. The van der Waals surface area contributed by atoms with E-state index >= 15 is 0 Å². The van der Waals surface area contributed by atoms with Gasteiger partial charge in [-0.05, 0) is 25.5 Å². The molecule has 0 amide bonds. The van der Waals surface area contributed by atoms with E-state index in [4.69, 9.17) is 4.74 Å². The predicted octanol–water partition coefficient (Wildman–Crippen LogP) is -0.403. The first-order valence-corrected chi connectivity index (χ1v) is 6.50. The van der Waals surface area contributed by atoms with Crippen molar-refractivity contribution in [3.8, 4) is 5.75 Å². The van der Waals surface area contributed by atoms with Gasteiger partial charge >= 0.3 is 7.12 Å². The lowest BCUT2D eigenvalue weighted by Crippen LogP contribution is -2.32. The van der Waals surface area contributed by atoms with Gasteiger partial charge in [0.25, 0.3) is 5.56 Å². The van der Waals surface area contributed by atoms with Crippen molar-refractivity contribution >= 4 is 12.6 Å². The first-order chi connectivity index (χ1) is 9.92.